The first kappa shape index (κ1) is 16.7. The van der Waals surface area contributed by atoms with Crippen molar-refractivity contribution in [1.82, 2.24) is 15.0 Å². The van der Waals surface area contributed by atoms with Crippen molar-refractivity contribution in [3.05, 3.63) is 46.0 Å². The number of rotatable bonds is 5. The van der Waals surface area contributed by atoms with Crippen molar-refractivity contribution in [3.63, 3.8) is 0 Å². The molecule has 0 radical (unpaired) electrons. The number of aromatic nitrogens is 2. The molecule has 4 rings (SSSR count). The Morgan fingerprint density at radius 1 is 1.32 bits per heavy atom. The van der Waals surface area contributed by atoms with Crippen LogP contribution in [0.25, 0.3) is 0 Å². The van der Waals surface area contributed by atoms with Crippen molar-refractivity contribution in [1.29, 1.82) is 0 Å². The maximum atomic E-state index is 12.7. The van der Waals surface area contributed by atoms with Gasteiger partial charge in [-0.3, -0.25) is 4.79 Å². The molecule has 2 heterocycles. The number of piperidine rings is 1. The summed E-state index contributed by atoms with van der Waals surface area (Å²) in [5.74, 6) is 1.84. The lowest BCUT2D eigenvalue weighted by Gasteiger charge is -2.32. The second kappa shape index (κ2) is 7.25. The topological polar surface area (TPSA) is 68.5 Å². The first-order chi connectivity index (χ1) is 12.2. The zero-order chi connectivity index (χ0) is 17.2. The van der Waals surface area contributed by atoms with Crippen molar-refractivity contribution in [2.24, 2.45) is 0 Å². The molecule has 1 aromatic carbocycles. The van der Waals surface area contributed by atoms with E-state index in [9.17, 15) is 4.79 Å². The Hall–Kier alpha value is -1.73. The van der Waals surface area contributed by atoms with Gasteiger partial charge >= 0.3 is 0 Å². The lowest BCUT2D eigenvalue weighted by Crippen LogP contribution is -2.43. The Labute approximate surface area is 154 Å². The fourth-order valence-electron chi connectivity index (χ4n) is 3.09. The SMILES string of the molecule is O=C(c1ccccc1Br)N1CCCC(OCc2nc(C3CC3)no2)C1. The number of carbonyl (C=O) groups is 1. The monoisotopic (exact) mass is 405 g/mol. The van der Waals surface area contributed by atoms with Crippen molar-refractivity contribution < 1.29 is 14.1 Å². The van der Waals surface area contributed by atoms with Gasteiger partial charge in [-0.2, -0.15) is 4.98 Å². The van der Waals surface area contributed by atoms with Gasteiger partial charge in [0.1, 0.15) is 6.61 Å². The predicted molar refractivity (Wildman–Crippen MR) is 94.1 cm³/mol. The van der Waals surface area contributed by atoms with Gasteiger partial charge < -0.3 is 14.2 Å². The van der Waals surface area contributed by atoms with Crippen molar-refractivity contribution in [2.75, 3.05) is 13.1 Å². The summed E-state index contributed by atoms with van der Waals surface area (Å²) in [6.07, 6.45) is 4.15. The van der Waals surface area contributed by atoms with Crippen LogP contribution in [0.1, 0.15) is 53.7 Å². The van der Waals surface area contributed by atoms with Crippen LogP contribution in [0.3, 0.4) is 0 Å². The number of hydrogen-bond donors (Lipinski definition) is 0. The third kappa shape index (κ3) is 3.93. The zero-order valence-corrected chi connectivity index (χ0v) is 15.4. The van der Waals surface area contributed by atoms with Crippen LogP contribution in [0, 0.1) is 0 Å². The van der Waals surface area contributed by atoms with E-state index in [0.29, 0.717) is 30.5 Å². The Morgan fingerprint density at radius 3 is 2.96 bits per heavy atom. The molecular weight excluding hydrogens is 386 g/mol. The van der Waals surface area contributed by atoms with E-state index in [1.165, 1.54) is 0 Å². The molecule has 1 amide bonds. The fourth-order valence-corrected chi connectivity index (χ4v) is 3.54. The average Bonchev–Trinajstić information content (AvgIpc) is 3.38. The van der Waals surface area contributed by atoms with Crippen LogP contribution in [0.2, 0.25) is 0 Å². The molecule has 2 aromatic rings. The molecule has 1 aliphatic heterocycles. The summed E-state index contributed by atoms with van der Waals surface area (Å²) < 4.78 is 12.0. The number of halogens is 1. The van der Waals surface area contributed by atoms with Crippen molar-refractivity contribution in [3.8, 4) is 0 Å². The third-order valence-corrected chi connectivity index (χ3v) is 5.33. The average molecular weight is 406 g/mol. The van der Waals surface area contributed by atoms with Crippen molar-refractivity contribution in [2.45, 2.75) is 44.3 Å². The molecule has 7 heteroatoms. The third-order valence-electron chi connectivity index (χ3n) is 4.64. The molecule has 2 aliphatic rings. The Bertz CT molecular complexity index is 760. The zero-order valence-electron chi connectivity index (χ0n) is 13.9. The molecule has 132 valence electrons. The van der Waals surface area contributed by atoms with Gasteiger partial charge in [0.15, 0.2) is 5.82 Å². The van der Waals surface area contributed by atoms with Crippen LogP contribution in [0.5, 0.6) is 0 Å². The van der Waals surface area contributed by atoms with Crippen LogP contribution in [0.4, 0.5) is 0 Å². The number of nitrogens with zero attached hydrogens (tertiary/aromatic N) is 3. The summed E-state index contributed by atoms with van der Waals surface area (Å²) in [6.45, 7) is 1.65. The summed E-state index contributed by atoms with van der Waals surface area (Å²) >= 11 is 3.45. The number of carbonyl (C=O) groups excluding carboxylic acids is 1. The van der Waals surface area contributed by atoms with E-state index in [0.717, 1.165) is 42.5 Å². The van der Waals surface area contributed by atoms with E-state index in [1.807, 2.05) is 29.2 Å². The van der Waals surface area contributed by atoms with Gasteiger partial charge in [-0.25, -0.2) is 0 Å². The fraction of sp³-hybridized carbons (Fsp3) is 0.500. The molecule has 2 fully saturated rings. The maximum absolute atomic E-state index is 12.7. The first-order valence-corrected chi connectivity index (χ1v) is 9.48. The number of hydrogen-bond acceptors (Lipinski definition) is 5. The highest BCUT2D eigenvalue weighted by molar-refractivity contribution is 9.10. The summed E-state index contributed by atoms with van der Waals surface area (Å²) in [6, 6.07) is 7.51. The Morgan fingerprint density at radius 2 is 2.16 bits per heavy atom. The molecule has 0 N–H and O–H groups in total. The van der Waals surface area contributed by atoms with Crippen LogP contribution in [-0.4, -0.2) is 40.1 Å². The summed E-state index contributed by atoms with van der Waals surface area (Å²) in [7, 11) is 0. The largest absolute Gasteiger partial charge is 0.367 e. The molecule has 1 aromatic heterocycles. The van der Waals surface area contributed by atoms with E-state index in [2.05, 4.69) is 26.1 Å². The molecule has 0 bridgehead atoms. The summed E-state index contributed by atoms with van der Waals surface area (Å²) in [4.78, 5) is 19.0. The number of likely N-dealkylation sites (tertiary alicyclic amines) is 1. The number of ether oxygens (including phenoxy) is 1. The van der Waals surface area contributed by atoms with Crippen molar-refractivity contribution >= 4 is 21.8 Å². The van der Waals surface area contributed by atoms with Crippen LogP contribution in [0.15, 0.2) is 33.3 Å². The van der Waals surface area contributed by atoms with E-state index in [1.54, 1.807) is 0 Å². The smallest absolute Gasteiger partial charge is 0.255 e. The van der Waals surface area contributed by atoms with Gasteiger partial charge in [0, 0.05) is 23.5 Å². The molecule has 1 aliphatic carbocycles. The molecule has 1 saturated carbocycles. The highest BCUT2D eigenvalue weighted by Crippen LogP contribution is 2.38. The molecule has 6 nitrogen and oxygen atoms in total. The molecule has 0 spiro atoms. The van der Waals surface area contributed by atoms with E-state index in [-0.39, 0.29) is 12.0 Å². The van der Waals surface area contributed by atoms with Crippen LogP contribution < -0.4 is 0 Å². The minimum Gasteiger partial charge on any atom is -0.367 e. The van der Waals surface area contributed by atoms with Crippen LogP contribution in [-0.2, 0) is 11.3 Å². The van der Waals surface area contributed by atoms with Gasteiger partial charge in [-0.15, -0.1) is 0 Å². The van der Waals surface area contributed by atoms with Gasteiger partial charge in [0.25, 0.3) is 11.8 Å². The predicted octanol–water partition coefficient (Wildman–Crippen LogP) is 3.53. The Kier molecular flexibility index (Phi) is 4.85. The second-order valence-electron chi connectivity index (χ2n) is 6.63. The standard InChI is InChI=1S/C18H20BrN3O3/c19-15-6-2-1-5-14(15)18(23)22-9-3-4-13(10-22)24-11-16-20-17(21-25-16)12-7-8-12/h1-2,5-6,12-13H,3-4,7-11H2. The van der Waals surface area contributed by atoms with E-state index >= 15 is 0 Å². The van der Waals surface area contributed by atoms with E-state index < -0.39 is 0 Å². The maximum Gasteiger partial charge on any atom is 0.255 e. The molecular formula is C18H20BrN3O3. The van der Waals surface area contributed by atoms with Gasteiger partial charge in [0.05, 0.1) is 11.7 Å². The van der Waals surface area contributed by atoms with Gasteiger partial charge in [0.2, 0.25) is 0 Å². The van der Waals surface area contributed by atoms with E-state index in [4.69, 9.17) is 9.26 Å². The molecule has 25 heavy (non-hydrogen) atoms. The van der Waals surface area contributed by atoms with Gasteiger partial charge in [-0.05, 0) is 53.7 Å². The number of benzene rings is 1. The number of amides is 1. The lowest BCUT2D eigenvalue weighted by atomic mass is 10.1. The molecule has 1 saturated heterocycles. The highest BCUT2D eigenvalue weighted by Gasteiger charge is 2.29. The highest BCUT2D eigenvalue weighted by atomic mass is 79.9. The molecule has 1 unspecified atom stereocenters. The second-order valence-corrected chi connectivity index (χ2v) is 7.48. The molecule has 1 atom stereocenters. The minimum atomic E-state index is -0.00328. The van der Waals surface area contributed by atoms with Gasteiger partial charge in [-0.1, -0.05) is 17.3 Å². The Balaban J connectivity index is 1.34. The minimum absolute atomic E-state index is 0.00328. The summed E-state index contributed by atoms with van der Waals surface area (Å²) in [5, 5.41) is 4.00. The quantitative estimate of drug-likeness (QED) is 0.760. The first-order valence-electron chi connectivity index (χ1n) is 8.68. The summed E-state index contributed by atoms with van der Waals surface area (Å²) in [5.41, 5.74) is 0.689. The van der Waals surface area contributed by atoms with Crippen LogP contribution >= 0.6 is 15.9 Å². The normalized spacial score (nSPS) is 20.7. The lowest BCUT2D eigenvalue weighted by molar-refractivity contribution is -0.0153.